The van der Waals surface area contributed by atoms with Gasteiger partial charge in [0.2, 0.25) is 0 Å². The number of hydrogen-bond acceptors (Lipinski definition) is 1. The van der Waals surface area contributed by atoms with Gasteiger partial charge in [-0.05, 0) is 0 Å². The molecule has 0 aromatic carbocycles. The van der Waals surface area contributed by atoms with Crippen molar-refractivity contribution in [1.29, 1.82) is 0 Å². The van der Waals surface area contributed by atoms with Gasteiger partial charge >= 0.3 is 33.1 Å². The van der Waals surface area contributed by atoms with Gasteiger partial charge in [-0.2, -0.15) is 0 Å². The van der Waals surface area contributed by atoms with E-state index in [9.17, 15) is 0 Å². The van der Waals surface area contributed by atoms with Gasteiger partial charge in [0.05, 0.1) is 0 Å². The zero-order valence-corrected chi connectivity index (χ0v) is 8.47. The van der Waals surface area contributed by atoms with Crippen LogP contribution in [0.25, 0.3) is 0 Å². The molecule has 4 heavy (non-hydrogen) atoms. The van der Waals surface area contributed by atoms with E-state index in [1.165, 1.54) is 0 Å². The fourth-order valence-electron chi connectivity index (χ4n) is 0. The monoisotopic (exact) mass is 347 g/mol. The van der Waals surface area contributed by atoms with Crippen LogP contribution >= 0.6 is 0 Å². The Labute approximate surface area is 69.5 Å². The van der Waals surface area contributed by atoms with Gasteiger partial charge in [-0.15, -0.1) is 0 Å². The molecular formula is NiOWY. The predicted molar refractivity (Wildman–Crippen MR) is 0.686 cm³/mol. The molecule has 0 aromatic rings. The molecule has 0 N–H and O–H groups in total. The average Bonchev–Trinajstić information content (AvgIpc) is 1.00. The second-order valence-corrected chi connectivity index (χ2v) is 0. The smallest absolute Gasteiger partial charge is 0 e. The van der Waals surface area contributed by atoms with Crippen molar-refractivity contribution in [3.63, 3.8) is 0 Å². The van der Waals surface area contributed by atoms with Gasteiger partial charge in [-0.3, -0.25) is 0 Å². The molecule has 4 heteroatoms. The molecule has 0 aliphatic carbocycles. The summed E-state index contributed by atoms with van der Waals surface area (Å²) in [6, 6.07) is 0. The van der Waals surface area contributed by atoms with E-state index in [0.717, 1.165) is 0 Å². The first-order valence-corrected chi connectivity index (χ1v) is 1.39. The third-order valence-corrected chi connectivity index (χ3v) is 0. The van der Waals surface area contributed by atoms with E-state index in [2.05, 4.69) is 0 Å². The first-order chi connectivity index (χ1) is 1.00. The minimum atomic E-state index is 0. The summed E-state index contributed by atoms with van der Waals surface area (Å²) in [4.78, 5) is 0. The zero-order chi connectivity index (χ0) is 2.00. The van der Waals surface area contributed by atoms with E-state index in [-0.39, 0.29) is 68.6 Å². The van der Waals surface area contributed by atoms with Crippen LogP contribution in [0.1, 0.15) is 0 Å². The van der Waals surface area contributed by atoms with Crippen molar-refractivity contribution < 1.29 is 70.6 Å². The maximum absolute atomic E-state index is 8.38. The van der Waals surface area contributed by atoms with E-state index >= 15 is 0 Å². The van der Waals surface area contributed by atoms with Crippen LogP contribution < -0.4 is 0 Å². The van der Waals surface area contributed by atoms with Gasteiger partial charge in [0.15, 0.2) is 0 Å². The first kappa shape index (κ1) is 16.5. The van der Waals surface area contributed by atoms with Crippen LogP contribution in [0.4, 0.5) is 0 Å². The third-order valence-electron chi connectivity index (χ3n) is 0. The van der Waals surface area contributed by atoms with Crippen LogP contribution in [0.5, 0.6) is 0 Å². The molecule has 1 nitrogen and oxygen atoms in total. The largest absolute Gasteiger partial charge is 0 e. The second-order valence-electron chi connectivity index (χ2n) is 0. The molecule has 0 atom stereocenters. The molecule has 0 unspecified atom stereocenters. The van der Waals surface area contributed by atoms with E-state index in [1.807, 2.05) is 0 Å². The van der Waals surface area contributed by atoms with Crippen LogP contribution in [0.15, 0.2) is 0 Å². The fraction of sp³-hybridized carbons (Fsp3) is 0. The van der Waals surface area contributed by atoms with Crippen LogP contribution in [0.2, 0.25) is 0 Å². The Hall–Kier alpha value is 2.09. The normalized spacial score (nSPS) is 1.50. The average molecular weight is 347 g/mol. The Morgan fingerprint density at radius 1 is 1.25 bits per heavy atom. The number of rotatable bonds is 0. The van der Waals surface area contributed by atoms with Crippen molar-refractivity contribution in [3.8, 4) is 0 Å². The number of hydrogen-bond donors (Lipinski definition) is 0. The molecule has 0 fully saturated rings. The van der Waals surface area contributed by atoms with Crippen LogP contribution in [-0.2, 0) is 70.6 Å². The molecule has 0 saturated heterocycles. The summed E-state index contributed by atoms with van der Waals surface area (Å²) < 4.78 is 8.38. The van der Waals surface area contributed by atoms with Crippen molar-refractivity contribution in [2.24, 2.45) is 0 Å². The van der Waals surface area contributed by atoms with Gasteiger partial charge in [0, 0.05) is 37.6 Å². The summed E-state index contributed by atoms with van der Waals surface area (Å²) in [5.74, 6) is 0. The molecular weight excluding hydrogens is 347 g/mol. The maximum Gasteiger partial charge on any atom is 0 e. The Kier molecular flexibility index (Phi) is 80.7. The van der Waals surface area contributed by atoms with Gasteiger partial charge < -0.3 is 0 Å². The molecule has 0 spiro atoms. The SMILES string of the molecule is [Ni].[O]=[Y].[W]. The van der Waals surface area contributed by atoms with Crippen LogP contribution in [0.3, 0.4) is 0 Å². The summed E-state index contributed by atoms with van der Waals surface area (Å²) in [6.07, 6.45) is 0. The van der Waals surface area contributed by atoms with Gasteiger partial charge in [0.25, 0.3) is 0 Å². The summed E-state index contributed by atoms with van der Waals surface area (Å²) in [5, 5.41) is 0. The predicted octanol–water partition coefficient (Wildman–Crippen LogP) is -0.126. The summed E-state index contributed by atoms with van der Waals surface area (Å²) >= 11 is 0.100. The van der Waals surface area contributed by atoms with Crippen LogP contribution in [0, 0.1) is 0 Å². The molecule has 0 aliphatic rings. The van der Waals surface area contributed by atoms with Gasteiger partial charge in [-0.1, -0.05) is 0 Å². The molecule has 0 aromatic heterocycles. The van der Waals surface area contributed by atoms with E-state index in [0.29, 0.717) is 0 Å². The van der Waals surface area contributed by atoms with Crippen LogP contribution in [-0.4, -0.2) is 0 Å². The quantitative estimate of drug-likeness (QED) is 0.558. The second kappa shape index (κ2) is 19.5. The minimum absolute atomic E-state index is 0. The standard InChI is InChI=1S/Ni.O.W.Y. The van der Waals surface area contributed by atoms with Gasteiger partial charge in [-0.25, -0.2) is 0 Å². The van der Waals surface area contributed by atoms with Crippen molar-refractivity contribution in [2.45, 2.75) is 0 Å². The molecule has 25 valence electrons. The molecule has 0 saturated carbocycles. The fourth-order valence-corrected chi connectivity index (χ4v) is 0. The molecule has 0 radical (unpaired) electrons. The first-order valence-electron chi connectivity index (χ1n) is 0.236. The summed E-state index contributed by atoms with van der Waals surface area (Å²) in [6.45, 7) is 0. The van der Waals surface area contributed by atoms with Crippen molar-refractivity contribution >= 4 is 0 Å². The topological polar surface area (TPSA) is 17.1 Å². The summed E-state index contributed by atoms with van der Waals surface area (Å²) in [5.41, 5.74) is 0. The third kappa shape index (κ3) is 8.94. The van der Waals surface area contributed by atoms with E-state index < -0.39 is 0 Å². The molecule has 0 aliphatic heterocycles. The van der Waals surface area contributed by atoms with Gasteiger partial charge in [0.1, 0.15) is 0 Å². The van der Waals surface area contributed by atoms with Crippen molar-refractivity contribution in [2.75, 3.05) is 0 Å². The Balaban J connectivity index is -0.00000000500. The minimum Gasteiger partial charge on any atom is 0 e. The Morgan fingerprint density at radius 2 is 1.25 bits per heavy atom. The maximum atomic E-state index is 8.38. The molecule has 0 bridgehead atoms. The Bertz CT molecular complexity index is 8.00. The summed E-state index contributed by atoms with van der Waals surface area (Å²) in [7, 11) is 0. The van der Waals surface area contributed by atoms with E-state index in [1.54, 1.807) is 0 Å². The molecule has 0 heterocycles. The van der Waals surface area contributed by atoms with Crippen molar-refractivity contribution in [1.82, 2.24) is 0 Å². The van der Waals surface area contributed by atoms with Crippen molar-refractivity contribution in [3.05, 3.63) is 0 Å². The Morgan fingerprint density at radius 3 is 1.25 bits per heavy atom. The molecule has 0 rings (SSSR count). The molecule has 0 amide bonds. The zero-order valence-electron chi connectivity index (χ0n) is 1.71. The van der Waals surface area contributed by atoms with E-state index in [4.69, 9.17) is 2.04 Å².